The van der Waals surface area contributed by atoms with E-state index in [4.69, 9.17) is 10.00 Å². The summed E-state index contributed by atoms with van der Waals surface area (Å²) in [6.07, 6.45) is 4.61. The van der Waals surface area contributed by atoms with E-state index in [9.17, 15) is 4.79 Å². The van der Waals surface area contributed by atoms with Crippen LogP contribution in [0, 0.1) is 11.3 Å². The number of nitrogens with zero attached hydrogens (tertiary/aromatic N) is 3. The number of nitriles is 1. The highest BCUT2D eigenvalue weighted by atomic mass is 16.5. The summed E-state index contributed by atoms with van der Waals surface area (Å²) in [7, 11) is 0. The number of carbonyl (C=O) groups excluding carboxylic acids is 1. The van der Waals surface area contributed by atoms with Crippen molar-refractivity contribution in [3.05, 3.63) is 29.8 Å². The fourth-order valence-electron chi connectivity index (χ4n) is 4.06. The van der Waals surface area contributed by atoms with Crippen molar-refractivity contribution in [2.24, 2.45) is 0 Å². The molecule has 0 spiro atoms. The van der Waals surface area contributed by atoms with Gasteiger partial charge in [-0.25, -0.2) is 0 Å². The van der Waals surface area contributed by atoms with Crippen LogP contribution in [0.3, 0.4) is 0 Å². The van der Waals surface area contributed by atoms with Crippen molar-refractivity contribution < 1.29 is 9.53 Å². The molecule has 3 rings (SSSR count). The Morgan fingerprint density at radius 1 is 1.21 bits per heavy atom. The summed E-state index contributed by atoms with van der Waals surface area (Å²) in [4.78, 5) is 16.4. The molecule has 2 heterocycles. The molecule has 0 unspecified atom stereocenters. The number of likely N-dealkylation sites (tertiary alicyclic amines) is 2. The molecule has 5 heteroatoms. The lowest BCUT2D eigenvalue weighted by Gasteiger charge is -2.34. The zero-order valence-corrected chi connectivity index (χ0v) is 14.3. The van der Waals surface area contributed by atoms with Gasteiger partial charge >= 0.3 is 0 Å². The molecular formula is C19H25N3O2. The van der Waals surface area contributed by atoms with Crippen molar-refractivity contribution >= 4 is 5.91 Å². The lowest BCUT2D eigenvalue weighted by atomic mass is 10.0. The normalized spacial score (nSPS) is 24.1. The number of carbonyl (C=O) groups is 1. The van der Waals surface area contributed by atoms with Gasteiger partial charge < -0.3 is 9.64 Å². The van der Waals surface area contributed by atoms with Crippen molar-refractivity contribution in [1.29, 1.82) is 5.26 Å². The maximum absolute atomic E-state index is 11.8. The molecule has 2 fully saturated rings. The third-order valence-corrected chi connectivity index (χ3v) is 5.19. The average Bonchev–Trinajstić information content (AvgIpc) is 3.24. The molecule has 0 aromatic heterocycles. The lowest BCUT2D eigenvalue weighted by Crippen LogP contribution is -2.48. The first-order valence-corrected chi connectivity index (χ1v) is 8.83. The second-order valence-electron chi connectivity index (χ2n) is 6.65. The summed E-state index contributed by atoms with van der Waals surface area (Å²) in [5.74, 6) is 1.01. The SMILES string of the molecule is CC(=O)N1CCC[C@@H]1[C@@H]1CCCN1CCOc1ccc(C#N)cc1. The zero-order chi connectivity index (χ0) is 16.9. The smallest absolute Gasteiger partial charge is 0.219 e. The molecular weight excluding hydrogens is 302 g/mol. The predicted molar refractivity (Wildman–Crippen MR) is 91.7 cm³/mol. The van der Waals surface area contributed by atoms with E-state index < -0.39 is 0 Å². The Hall–Kier alpha value is -2.06. The van der Waals surface area contributed by atoms with E-state index in [1.165, 1.54) is 12.8 Å². The Morgan fingerprint density at radius 3 is 2.62 bits per heavy atom. The minimum absolute atomic E-state index is 0.207. The molecule has 24 heavy (non-hydrogen) atoms. The van der Waals surface area contributed by atoms with Crippen LogP contribution in [0.5, 0.6) is 5.75 Å². The van der Waals surface area contributed by atoms with E-state index in [0.29, 0.717) is 24.3 Å². The molecule has 2 aliphatic rings. The summed E-state index contributed by atoms with van der Waals surface area (Å²) >= 11 is 0. The van der Waals surface area contributed by atoms with Crippen LogP contribution >= 0.6 is 0 Å². The number of rotatable bonds is 5. The summed E-state index contributed by atoms with van der Waals surface area (Å²) < 4.78 is 5.82. The highest BCUT2D eigenvalue weighted by Crippen LogP contribution is 2.29. The molecule has 2 saturated heterocycles. The quantitative estimate of drug-likeness (QED) is 0.833. The molecule has 1 aromatic rings. The highest BCUT2D eigenvalue weighted by molar-refractivity contribution is 5.74. The molecule has 5 nitrogen and oxygen atoms in total. The van der Waals surface area contributed by atoms with Gasteiger partial charge in [-0.05, 0) is 56.5 Å². The van der Waals surface area contributed by atoms with Crippen LogP contribution in [0.1, 0.15) is 38.2 Å². The predicted octanol–water partition coefficient (Wildman–Crippen LogP) is 2.41. The Balaban J connectivity index is 1.52. The number of hydrogen-bond donors (Lipinski definition) is 0. The zero-order valence-electron chi connectivity index (χ0n) is 14.3. The van der Waals surface area contributed by atoms with Gasteiger partial charge in [0.15, 0.2) is 0 Å². The summed E-state index contributed by atoms with van der Waals surface area (Å²) in [5, 5.41) is 8.82. The first kappa shape index (κ1) is 16.8. The Bertz CT molecular complexity index is 608. The molecule has 0 saturated carbocycles. The Morgan fingerprint density at radius 2 is 1.92 bits per heavy atom. The summed E-state index contributed by atoms with van der Waals surface area (Å²) in [6, 6.07) is 10.2. The Labute approximate surface area is 143 Å². The van der Waals surface area contributed by atoms with Crippen LogP contribution in [-0.2, 0) is 4.79 Å². The molecule has 0 bridgehead atoms. The van der Waals surface area contributed by atoms with Gasteiger partial charge in [0, 0.05) is 32.1 Å². The minimum Gasteiger partial charge on any atom is -0.492 e. The minimum atomic E-state index is 0.207. The second kappa shape index (κ2) is 7.67. The maximum Gasteiger partial charge on any atom is 0.219 e. The first-order chi connectivity index (χ1) is 11.7. The van der Waals surface area contributed by atoms with E-state index in [1.807, 2.05) is 12.1 Å². The highest BCUT2D eigenvalue weighted by Gasteiger charge is 2.38. The third-order valence-electron chi connectivity index (χ3n) is 5.19. The van der Waals surface area contributed by atoms with Crippen molar-refractivity contribution in [1.82, 2.24) is 9.80 Å². The van der Waals surface area contributed by atoms with Crippen molar-refractivity contribution in [2.75, 3.05) is 26.2 Å². The van der Waals surface area contributed by atoms with E-state index in [1.54, 1.807) is 19.1 Å². The Kier molecular flexibility index (Phi) is 5.37. The van der Waals surface area contributed by atoms with Crippen molar-refractivity contribution in [3.63, 3.8) is 0 Å². The molecule has 0 radical (unpaired) electrons. The number of ether oxygens (including phenoxy) is 1. The van der Waals surface area contributed by atoms with Gasteiger partial charge in [-0.1, -0.05) is 0 Å². The van der Waals surface area contributed by atoms with Crippen molar-refractivity contribution in [3.8, 4) is 11.8 Å². The van der Waals surface area contributed by atoms with Crippen LogP contribution in [0.4, 0.5) is 0 Å². The van der Waals surface area contributed by atoms with Crippen LogP contribution in [0.25, 0.3) is 0 Å². The van der Waals surface area contributed by atoms with Gasteiger partial charge in [-0.3, -0.25) is 9.69 Å². The van der Waals surface area contributed by atoms with Gasteiger partial charge in [0.1, 0.15) is 12.4 Å². The first-order valence-electron chi connectivity index (χ1n) is 8.83. The maximum atomic E-state index is 11.8. The number of benzene rings is 1. The van der Waals surface area contributed by atoms with Gasteiger partial charge in [0.05, 0.1) is 11.6 Å². The molecule has 0 aliphatic carbocycles. The van der Waals surface area contributed by atoms with Crippen molar-refractivity contribution in [2.45, 2.75) is 44.7 Å². The molecule has 1 amide bonds. The van der Waals surface area contributed by atoms with E-state index in [-0.39, 0.29) is 5.91 Å². The summed E-state index contributed by atoms with van der Waals surface area (Å²) in [5.41, 5.74) is 0.646. The van der Waals surface area contributed by atoms with Gasteiger partial charge in [0.2, 0.25) is 5.91 Å². The van der Waals surface area contributed by atoms with Gasteiger partial charge in [0.25, 0.3) is 0 Å². The molecule has 2 aliphatic heterocycles. The van der Waals surface area contributed by atoms with Crippen LogP contribution in [0.2, 0.25) is 0 Å². The van der Waals surface area contributed by atoms with Crippen LogP contribution in [-0.4, -0.2) is 54.0 Å². The van der Waals surface area contributed by atoms with E-state index in [2.05, 4.69) is 15.9 Å². The molecule has 0 N–H and O–H groups in total. The van der Waals surface area contributed by atoms with E-state index >= 15 is 0 Å². The standard InChI is InChI=1S/C19H25N3O2/c1-15(23)22-11-3-5-19(22)18-4-2-10-21(18)12-13-24-17-8-6-16(14-20)7-9-17/h6-9,18-19H,2-5,10-13H2,1H3/t18-,19+/m0/s1. The van der Waals surface area contributed by atoms with Crippen LogP contribution in [0.15, 0.2) is 24.3 Å². The molecule has 1 aromatic carbocycles. The second-order valence-corrected chi connectivity index (χ2v) is 6.65. The van der Waals surface area contributed by atoms with Crippen LogP contribution < -0.4 is 4.74 Å². The number of hydrogen-bond acceptors (Lipinski definition) is 4. The fourth-order valence-corrected chi connectivity index (χ4v) is 4.06. The number of amides is 1. The average molecular weight is 327 g/mol. The lowest BCUT2D eigenvalue weighted by molar-refractivity contribution is -0.130. The van der Waals surface area contributed by atoms with E-state index in [0.717, 1.165) is 38.2 Å². The third kappa shape index (κ3) is 3.70. The topological polar surface area (TPSA) is 56.6 Å². The largest absolute Gasteiger partial charge is 0.492 e. The fraction of sp³-hybridized carbons (Fsp3) is 0.579. The molecule has 2 atom stereocenters. The van der Waals surface area contributed by atoms with Gasteiger partial charge in [-0.15, -0.1) is 0 Å². The molecule has 128 valence electrons. The monoisotopic (exact) mass is 327 g/mol. The van der Waals surface area contributed by atoms with Gasteiger partial charge in [-0.2, -0.15) is 5.26 Å². The summed E-state index contributed by atoms with van der Waals surface area (Å²) in [6.45, 7) is 5.20.